The fraction of sp³-hybridized carbons (Fsp3) is 0.429. The molecule has 2 aromatic heterocycles. The number of thiazole rings is 1. The van der Waals surface area contributed by atoms with Crippen molar-refractivity contribution in [3.05, 3.63) is 28.1 Å². The van der Waals surface area contributed by atoms with E-state index < -0.39 is 10.0 Å². The number of carbonyl (C=O) groups is 1. The van der Waals surface area contributed by atoms with Gasteiger partial charge in [0.15, 0.2) is 5.13 Å². The number of hydrogen-bond acceptors (Lipinski definition) is 6. The second kappa shape index (κ2) is 6.68. The molecule has 1 amide bonds. The number of sulfonamides is 1. The first-order valence-corrected chi connectivity index (χ1v) is 10.4. The number of aryl methyl sites for hydroxylation is 2. The number of nitrogens with one attached hydrogen (secondary N) is 1. The minimum Gasteiger partial charge on any atom is -0.301 e. The standard InChI is InChI=1S/C14H17N3O3S3/c1-17(23(19,20)13-7-4-8-21-13)9-12(18)16-14-15-10-5-2-3-6-11(10)22-14/h4,7-8H,2-3,5-6,9H2,1H3,(H,15,16,18). The summed E-state index contributed by atoms with van der Waals surface area (Å²) in [7, 11) is -2.21. The molecule has 0 aliphatic heterocycles. The van der Waals surface area contributed by atoms with Gasteiger partial charge < -0.3 is 5.32 Å². The van der Waals surface area contributed by atoms with E-state index in [0.29, 0.717) is 5.13 Å². The Morgan fingerprint density at radius 2 is 2.17 bits per heavy atom. The SMILES string of the molecule is CN(CC(=O)Nc1nc2c(s1)CCCC2)S(=O)(=O)c1cccs1. The molecular formula is C14H17N3O3S3. The Hall–Kier alpha value is -1.29. The number of anilines is 1. The third kappa shape index (κ3) is 3.63. The van der Waals surface area contributed by atoms with Crippen LogP contribution in [-0.2, 0) is 27.7 Å². The summed E-state index contributed by atoms with van der Waals surface area (Å²) in [6.45, 7) is -0.232. The van der Waals surface area contributed by atoms with Gasteiger partial charge in [0.25, 0.3) is 10.0 Å². The van der Waals surface area contributed by atoms with Crippen molar-refractivity contribution in [3.63, 3.8) is 0 Å². The molecule has 0 atom stereocenters. The number of carbonyl (C=O) groups excluding carboxylic acids is 1. The van der Waals surface area contributed by atoms with Crippen LogP contribution >= 0.6 is 22.7 Å². The first-order chi connectivity index (χ1) is 11.0. The lowest BCUT2D eigenvalue weighted by Gasteiger charge is -2.14. The second-order valence-corrected chi connectivity index (χ2v) is 9.64. The molecule has 2 heterocycles. The van der Waals surface area contributed by atoms with Crippen LogP contribution in [0.15, 0.2) is 21.7 Å². The van der Waals surface area contributed by atoms with Gasteiger partial charge in [-0.15, -0.1) is 22.7 Å². The molecule has 0 saturated heterocycles. The van der Waals surface area contributed by atoms with E-state index in [2.05, 4.69) is 10.3 Å². The summed E-state index contributed by atoms with van der Waals surface area (Å²) in [6, 6.07) is 3.20. The Bertz CT molecular complexity index is 773. The van der Waals surface area contributed by atoms with Crippen LogP contribution in [0.2, 0.25) is 0 Å². The van der Waals surface area contributed by atoms with Crippen molar-refractivity contribution in [1.29, 1.82) is 0 Å². The first-order valence-electron chi connectivity index (χ1n) is 7.25. The molecule has 0 radical (unpaired) electrons. The molecule has 23 heavy (non-hydrogen) atoms. The van der Waals surface area contributed by atoms with Crippen molar-refractivity contribution in [3.8, 4) is 0 Å². The van der Waals surface area contributed by atoms with Crippen molar-refractivity contribution >= 4 is 43.7 Å². The topological polar surface area (TPSA) is 79.4 Å². The van der Waals surface area contributed by atoms with Gasteiger partial charge in [-0.3, -0.25) is 4.79 Å². The van der Waals surface area contributed by atoms with Crippen LogP contribution in [-0.4, -0.2) is 37.2 Å². The largest absolute Gasteiger partial charge is 0.301 e. The van der Waals surface area contributed by atoms with Gasteiger partial charge in [0.1, 0.15) is 4.21 Å². The lowest BCUT2D eigenvalue weighted by atomic mass is 10.0. The van der Waals surface area contributed by atoms with Crippen LogP contribution in [0.1, 0.15) is 23.4 Å². The number of thiophene rings is 1. The molecule has 0 fully saturated rings. The fourth-order valence-corrected chi connectivity index (χ4v) is 5.81. The summed E-state index contributed by atoms with van der Waals surface area (Å²) < 4.78 is 25.9. The summed E-state index contributed by atoms with van der Waals surface area (Å²) in [6.07, 6.45) is 4.25. The highest BCUT2D eigenvalue weighted by Crippen LogP contribution is 2.29. The maximum atomic E-state index is 12.3. The van der Waals surface area contributed by atoms with E-state index in [-0.39, 0.29) is 16.7 Å². The van der Waals surface area contributed by atoms with E-state index in [9.17, 15) is 13.2 Å². The van der Waals surface area contributed by atoms with Crippen LogP contribution in [0.3, 0.4) is 0 Å². The molecule has 3 rings (SSSR count). The second-order valence-electron chi connectivity index (χ2n) is 5.34. The molecule has 124 valence electrons. The van der Waals surface area contributed by atoms with E-state index in [1.165, 1.54) is 29.3 Å². The van der Waals surface area contributed by atoms with Gasteiger partial charge in [0.2, 0.25) is 5.91 Å². The van der Waals surface area contributed by atoms with Gasteiger partial charge in [0, 0.05) is 11.9 Å². The number of amides is 1. The van der Waals surface area contributed by atoms with E-state index in [4.69, 9.17) is 0 Å². The van der Waals surface area contributed by atoms with Crippen molar-refractivity contribution in [2.45, 2.75) is 29.9 Å². The highest BCUT2D eigenvalue weighted by atomic mass is 32.2. The van der Waals surface area contributed by atoms with Crippen molar-refractivity contribution in [2.75, 3.05) is 18.9 Å². The highest BCUT2D eigenvalue weighted by Gasteiger charge is 2.24. The number of nitrogens with zero attached hydrogens (tertiary/aromatic N) is 2. The number of fused-ring (bicyclic) bond motifs is 1. The molecule has 9 heteroatoms. The number of hydrogen-bond donors (Lipinski definition) is 1. The Balaban J connectivity index is 1.64. The number of aromatic nitrogens is 1. The first kappa shape index (κ1) is 16.6. The monoisotopic (exact) mass is 371 g/mol. The zero-order chi connectivity index (χ0) is 16.4. The van der Waals surface area contributed by atoms with E-state index in [1.54, 1.807) is 11.4 Å². The lowest BCUT2D eigenvalue weighted by Crippen LogP contribution is -2.34. The number of likely N-dealkylation sites (N-methyl/N-ethyl adjacent to an activating group) is 1. The van der Waals surface area contributed by atoms with Gasteiger partial charge >= 0.3 is 0 Å². The van der Waals surface area contributed by atoms with Crippen LogP contribution in [0.25, 0.3) is 0 Å². The van der Waals surface area contributed by atoms with Gasteiger partial charge in [-0.05, 0) is 37.1 Å². The Labute approximate surface area is 143 Å². The van der Waals surface area contributed by atoms with Crippen LogP contribution < -0.4 is 5.32 Å². The molecule has 0 unspecified atom stereocenters. The number of rotatable bonds is 5. The van der Waals surface area contributed by atoms with Gasteiger partial charge in [-0.1, -0.05) is 6.07 Å². The third-order valence-electron chi connectivity index (χ3n) is 3.62. The Kier molecular flexibility index (Phi) is 4.81. The molecule has 0 aromatic carbocycles. The summed E-state index contributed by atoms with van der Waals surface area (Å²) in [5, 5.41) is 4.97. The van der Waals surface area contributed by atoms with Gasteiger partial charge in [0.05, 0.1) is 12.2 Å². The van der Waals surface area contributed by atoms with Crippen molar-refractivity contribution < 1.29 is 13.2 Å². The van der Waals surface area contributed by atoms with Crippen molar-refractivity contribution in [2.24, 2.45) is 0 Å². The molecular weight excluding hydrogens is 354 g/mol. The molecule has 0 bridgehead atoms. The zero-order valence-corrected chi connectivity index (χ0v) is 15.1. The third-order valence-corrected chi connectivity index (χ3v) is 7.87. The molecule has 0 spiro atoms. The van der Waals surface area contributed by atoms with Crippen LogP contribution in [0, 0.1) is 0 Å². The average Bonchev–Trinajstić information content (AvgIpc) is 3.16. The Morgan fingerprint density at radius 1 is 1.39 bits per heavy atom. The summed E-state index contributed by atoms with van der Waals surface area (Å²) in [5.41, 5.74) is 1.07. The highest BCUT2D eigenvalue weighted by molar-refractivity contribution is 7.91. The molecule has 1 aliphatic carbocycles. The van der Waals surface area contributed by atoms with Crippen LogP contribution in [0.5, 0.6) is 0 Å². The zero-order valence-electron chi connectivity index (χ0n) is 12.6. The summed E-state index contributed by atoms with van der Waals surface area (Å²) in [4.78, 5) is 17.8. The van der Waals surface area contributed by atoms with E-state index in [0.717, 1.165) is 47.0 Å². The van der Waals surface area contributed by atoms with Crippen LogP contribution in [0.4, 0.5) is 5.13 Å². The fourth-order valence-electron chi connectivity index (χ4n) is 2.42. The van der Waals surface area contributed by atoms with E-state index in [1.807, 2.05) is 0 Å². The lowest BCUT2D eigenvalue weighted by molar-refractivity contribution is -0.116. The quantitative estimate of drug-likeness (QED) is 0.875. The average molecular weight is 372 g/mol. The van der Waals surface area contributed by atoms with Gasteiger partial charge in [-0.25, -0.2) is 13.4 Å². The molecule has 6 nitrogen and oxygen atoms in total. The van der Waals surface area contributed by atoms with E-state index >= 15 is 0 Å². The summed E-state index contributed by atoms with van der Waals surface area (Å²) >= 11 is 2.62. The Morgan fingerprint density at radius 3 is 2.87 bits per heavy atom. The minimum atomic E-state index is -3.61. The van der Waals surface area contributed by atoms with Crippen molar-refractivity contribution in [1.82, 2.24) is 9.29 Å². The predicted molar refractivity (Wildman–Crippen MR) is 91.5 cm³/mol. The molecule has 2 aromatic rings. The minimum absolute atomic E-state index is 0.232. The molecule has 1 N–H and O–H groups in total. The maximum Gasteiger partial charge on any atom is 0.252 e. The summed E-state index contributed by atoms with van der Waals surface area (Å²) in [5.74, 6) is -0.376. The molecule has 0 saturated carbocycles. The normalized spacial score (nSPS) is 14.7. The van der Waals surface area contributed by atoms with Gasteiger partial charge in [-0.2, -0.15) is 4.31 Å². The smallest absolute Gasteiger partial charge is 0.252 e. The predicted octanol–water partition coefficient (Wildman–Crippen LogP) is 2.34. The molecule has 1 aliphatic rings. The maximum absolute atomic E-state index is 12.3.